The summed E-state index contributed by atoms with van der Waals surface area (Å²) < 4.78 is 37.3. The van der Waals surface area contributed by atoms with E-state index in [0.717, 1.165) is 6.07 Å². The molecule has 0 fully saturated rings. The topological polar surface area (TPSA) is 0 Å². The highest BCUT2D eigenvalue weighted by molar-refractivity contribution is 9.10. The molecule has 0 saturated carbocycles. The van der Waals surface area contributed by atoms with Crippen molar-refractivity contribution in [2.45, 2.75) is 20.0 Å². The molecule has 0 radical (unpaired) electrons. The van der Waals surface area contributed by atoms with Crippen molar-refractivity contribution >= 4 is 15.9 Å². The van der Waals surface area contributed by atoms with Crippen LogP contribution in [0.15, 0.2) is 16.6 Å². The predicted molar refractivity (Wildman–Crippen MR) is 48.6 cm³/mol. The second kappa shape index (κ2) is 3.33. The van der Waals surface area contributed by atoms with Gasteiger partial charge in [-0.15, -0.1) is 0 Å². The molecule has 72 valence electrons. The van der Waals surface area contributed by atoms with Crippen molar-refractivity contribution in [1.29, 1.82) is 0 Å². The van der Waals surface area contributed by atoms with Crippen LogP contribution < -0.4 is 0 Å². The minimum Gasteiger partial charge on any atom is -0.166 e. The van der Waals surface area contributed by atoms with Gasteiger partial charge in [0.1, 0.15) is 0 Å². The molecule has 1 aromatic carbocycles. The molecule has 0 spiro atoms. The number of hydrogen-bond donors (Lipinski definition) is 0. The lowest BCUT2D eigenvalue weighted by Gasteiger charge is -2.11. The Kier molecular flexibility index (Phi) is 2.71. The smallest absolute Gasteiger partial charge is 0.166 e. The lowest BCUT2D eigenvalue weighted by Crippen LogP contribution is -2.07. The molecule has 0 nitrogen and oxygen atoms in total. The Morgan fingerprint density at radius 3 is 2.15 bits per heavy atom. The van der Waals surface area contributed by atoms with Gasteiger partial charge < -0.3 is 0 Å². The van der Waals surface area contributed by atoms with Crippen molar-refractivity contribution in [2.75, 3.05) is 0 Å². The quantitative estimate of drug-likeness (QED) is 0.653. The molecule has 0 N–H and O–H groups in total. The molecular weight excluding hydrogens is 245 g/mol. The van der Waals surface area contributed by atoms with Crippen LogP contribution in [-0.4, -0.2) is 0 Å². The van der Waals surface area contributed by atoms with Crippen molar-refractivity contribution in [2.24, 2.45) is 0 Å². The summed E-state index contributed by atoms with van der Waals surface area (Å²) in [5.74, 6) is 0. The third-order valence-corrected chi connectivity index (χ3v) is 2.76. The third kappa shape index (κ3) is 2.24. The summed E-state index contributed by atoms with van der Waals surface area (Å²) in [7, 11) is 0. The lowest BCUT2D eigenvalue weighted by molar-refractivity contribution is -0.138. The zero-order valence-electron chi connectivity index (χ0n) is 7.17. The van der Waals surface area contributed by atoms with Gasteiger partial charge in [-0.1, -0.05) is 11.6 Å². The molecule has 0 aliphatic carbocycles. The van der Waals surface area contributed by atoms with Crippen LogP contribution in [0.4, 0.5) is 13.2 Å². The standard InChI is InChI=1S/C9H8BrF3/c1-5-3-6(2)8(10)7(4-5)9(11,12)13/h3-4H,1-2H3. The normalized spacial score (nSPS) is 11.8. The number of benzene rings is 1. The lowest BCUT2D eigenvalue weighted by atomic mass is 10.1. The molecule has 1 aromatic rings. The van der Waals surface area contributed by atoms with Gasteiger partial charge >= 0.3 is 6.18 Å². The van der Waals surface area contributed by atoms with Crippen LogP contribution in [0.2, 0.25) is 0 Å². The van der Waals surface area contributed by atoms with Gasteiger partial charge in [-0.2, -0.15) is 13.2 Å². The van der Waals surface area contributed by atoms with Crippen LogP contribution in [0.3, 0.4) is 0 Å². The first-order valence-electron chi connectivity index (χ1n) is 3.66. The fraction of sp³-hybridized carbons (Fsp3) is 0.333. The highest BCUT2D eigenvalue weighted by atomic mass is 79.9. The van der Waals surface area contributed by atoms with E-state index in [-0.39, 0.29) is 4.47 Å². The molecule has 0 amide bonds. The largest absolute Gasteiger partial charge is 0.417 e. The predicted octanol–water partition coefficient (Wildman–Crippen LogP) is 4.08. The van der Waals surface area contributed by atoms with Crippen molar-refractivity contribution < 1.29 is 13.2 Å². The Labute approximate surface area is 82.9 Å². The van der Waals surface area contributed by atoms with Gasteiger partial charge in [-0.3, -0.25) is 0 Å². The number of halogens is 4. The third-order valence-electron chi connectivity index (χ3n) is 1.70. The van der Waals surface area contributed by atoms with E-state index >= 15 is 0 Å². The van der Waals surface area contributed by atoms with Gasteiger partial charge in [0.25, 0.3) is 0 Å². The molecule has 0 bridgehead atoms. The number of rotatable bonds is 0. The van der Waals surface area contributed by atoms with E-state index in [9.17, 15) is 13.2 Å². The molecule has 4 heteroatoms. The summed E-state index contributed by atoms with van der Waals surface area (Å²) in [6.45, 7) is 3.29. The summed E-state index contributed by atoms with van der Waals surface area (Å²) in [4.78, 5) is 0. The van der Waals surface area contributed by atoms with E-state index in [2.05, 4.69) is 15.9 Å². The average Bonchev–Trinajstić information content (AvgIpc) is 1.94. The van der Waals surface area contributed by atoms with Crippen LogP contribution >= 0.6 is 15.9 Å². The monoisotopic (exact) mass is 252 g/mol. The number of alkyl halides is 3. The zero-order chi connectivity index (χ0) is 10.2. The second-order valence-electron chi connectivity index (χ2n) is 2.94. The van der Waals surface area contributed by atoms with Gasteiger partial charge in [0.15, 0.2) is 0 Å². The van der Waals surface area contributed by atoms with Crippen LogP contribution in [0.1, 0.15) is 16.7 Å². The number of hydrogen-bond acceptors (Lipinski definition) is 0. The van der Waals surface area contributed by atoms with Gasteiger partial charge in [0.2, 0.25) is 0 Å². The van der Waals surface area contributed by atoms with Gasteiger partial charge in [-0.25, -0.2) is 0 Å². The van der Waals surface area contributed by atoms with Gasteiger partial charge in [0, 0.05) is 4.47 Å². The van der Waals surface area contributed by atoms with E-state index in [4.69, 9.17) is 0 Å². The molecule has 0 aliphatic heterocycles. The van der Waals surface area contributed by atoms with Crippen LogP contribution in [0.25, 0.3) is 0 Å². The first kappa shape index (κ1) is 10.6. The molecule has 0 aromatic heterocycles. The molecular formula is C9H8BrF3. The Morgan fingerprint density at radius 1 is 1.15 bits per heavy atom. The van der Waals surface area contributed by atoms with Crippen molar-refractivity contribution in [1.82, 2.24) is 0 Å². The minimum absolute atomic E-state index is 0.130. The Balaban J connectivity index is 3.37. The molecule has 1 rings (SSSR count). The Hall–Kier alpha value is -0.510. The van der Waals surface area contributed by atoms with E-state index in [0.29, 0.717) is 11.1 Å². The van der Waals surface area contributed by atoms with Gasteiger partial charge in [-0.05, 0) is 41.4 Å². The summed E-state index contributed by atoms with van der Waals surface area (Å²) in [5, 5.41) is 0. The van der Waals surface area contributed by atoms with E-state index < -0.39 is 11.7 Å². The molecule has 0 saturated heterocycles. The fourth-order valence-corrected chi connectivity index (χ4v) is 1.61. The maximum atomic E-state index is 12.4. The first-order chi connectivity index (χ1) is 5.82. The van der Waals surface area contributed by atoms with Crippen molar-refractivity contribution in [3.63, 3.8) is 0 Å². The minimum atomic E-state index is -4.28. The molecule has 0 unspecified atom stereocenters. The van der Waals surface area contributed by atoms with Crippen LogP contribution in [0.5, 0.6) is 0 Å². The summed E-state index contributed by atoms with van der Waals surface area (Å²) >= 11 is 2.93. The zero-order valence-corrected chi connectivity index (χ0v) is 8.75. The van der Waals surface area contributed by atoms with Gasteiger partial charge in [0.05, 0.1) is 5.56 Å². The fourth-order valence-electron chi connectivity index (χ4n) is 1.16. The first-order valence-corrected chi connectivity index (χ1v) is 4.45. The highest BCUT2D eigenvalue weighted by Gasteiger charge is 2.33. The molecule has 0 aliphatic rings. The summed E-state index contributed by atoms with van der Waals surface area (Å²) in [5.41, 5.74) is 0.616. The summed E-state index contributed by atoms with van der Waals surface area (Å²) in [6, 6.07) is 2.84. The molecule has 0 heterocycles. The maximum Gasteiger partial charge on any atom is 0.417 e. The Bertz CT molecular complexity index is 328. The van der Waals surface area contributed by atoms with Crippen LogP contribution in [-0.2, 0) is 6.18 Å². The van der Waals surface area contributed by atoms with E-state index in [1.54, 1.807) is 19.9 Å². The van der Waals surface area contributed by atoms with E-state index in [1.807, 2.05) is 0 Å². The van der Waals surface area contributed by atoms with Crippen LogP contribution in [0, 0.1) is 13.8 Å². The van der Waals surface area contributed by atoms with Crippen molar-refractivity contribution in [3.05, 3.63) is 33.3 Å². The number of aryl methyl sites for hydroxylation is 2. The van der Waals surface area contributed by atoms with Crippen molar-refractivity contribution in [3.8, 4) is 0 Å². The SMILES string of the molecule is Cc1cc(C)c(Br)c(C(F)(F)F)c1. The Morgan fingerprint density at radius 2 is 1.69 bits per heavy atom. The second-order valence-corrected chi connectivity index (χ2v) is 3.73. The maximum absolute atomic E-state index is 12.4. The average molecular weight is 253 g/mol. The molecule has 13 heavy (non-hydrogen) atoms. The molecule has 0 atom stereocenters. The summed E-state index contributed by atoms with van der Waals surface area (Å²) in [6.07, 6.45) is -4.28. The highest BCUT2D eigenvalue weighted by Crippen LogP contribution is 2.36. The van der Waals surface area contributed by atoms with E-state index in [1.165, 1.54) is 0 Å².